The number of aliphatic hydroxyl groups is 1. The zero-order valence-corrected chi connectivity index (χ0v) is 12.2. The zero-order chi connectivity index (χ0) is 14.3. The first-order valence-corrected chi connectivity index (χ1v) is 6.88. The Bertz CT molecular complexity index is 369. The van der Waals surface area contributed by atoms with Gasteiger partial charge >= 0.3 is 0 Å². The van der Waals surface area contributed by atoms with Crippen LogP contribution in [0.4, 0.5) is 0 Å². The Kier molecular flexibility index (Phi) is 6.84. The summed E-state index contributed by atoms with van der Waals surface area (Å²) in [6.45, 7) is 8.14. The van der Waals surface area contributed by atoms with Crippen LogP contribution in [0.5, 0.6) is 5.75 Å². The molecule has 4 heteroatoms. The molecule has 0 bridgehead atoms. The van der Waals surface area contributed by atoms with Gasteiger partial charge < -0.3 is 15.1 Å². The molecule has 0 amide bonds. The lowest BCUT2D eigenvalue weighted by atomic mass is 10.2. The lowest BCUT2D eigenvalue weighted by Gasteiger charge is -2.25. The number of aliphatic hydroxyl groups excluding tert-OH is 1. The Balaban J connectivity index is 2.44. The maximum absolute atomic E-state index is 9.78. The number of para-hydroxylation sites is 1. The molecule has 1 atom stereocenters. The number of nitrogens with zero attached hydrogens (tertiary/aromatic N) is 2. The maximum Gasteiger partial charge on any atom is 0.120 e. The van der Waals surface area contributed by atoms with Gasteiger partial charge in [-0.15, -0.1) is 0 Å². The summed E-state index contributed by atoms with van der Waals surface area (Å²) < 4.78 is 0. The molecule has 0 radical (unpaired) electrons. The summed E-state index contributed by atoms with van der Waals surface area (Å²) in [6.07, 6.45) is -0.293. The van der Waals surface area contributed by atoms with Crippen molar-refractivity contribution in [3.63, 3.8) is 0 Å². The molecular formula is C15H26N2O2. The topological polar surface area (TPSA) is 46.9 Å². The maximum atomic E-state index is 9.78. The molecule has 0 saturated heterocycles. The lowest BCUT2D eigenvalue weighted by Crippen LogP contribution is -2.35. The van der Waals surface area contributed by atoms with Crippen LogP contribution in [0, 0.1) is 0 Å². The third-order valence-electron chi connectivity index (χ3n) is 3.21. The highest BCUT2D eigenvalue weighted by Crippen LogP contribution is 2.17. The van der Waals surface area contributed by atoms with Gasteiger partial charge in [0.1, 0.15) is 5.75 Å². The van der Waals surface area contributed by atoms with Crippen molar-refractivity contribution in [2.45, 2.75) is 26.5 Å². The second-order valence-corrected chi connectivity index (χ2v) is 5.11. The number of hydrogen-bond acceptors (Lipinski definition) is 4. The molecule has 0 unspecified atom stereocenters. The number of rotatable bonds is 8. The standard InChI is InChI=1S/C15H26N2O2/c1-4-17(10-9-16(3)11-13(2)18)12-14-7-5-6-8-15(14)19/h5-8,13,18-19H,4,9-12H2,1-3H3/t13-/m0/s1. The van der Waals surface area contributed by atoms with E-state index in [1.54, 1.807) is 13.0 Å². The van der Waals surface area contributed by atoms with E-state index in [4.69, 9.17) is 0 Å². The van der Waals surface area contributed by atoms with Crippen LogP contribution >= 0.6 is 0 Å². The van der Waals surface area contributed by atoms with Crippen molar-refractivity contribution in [2.24, 2.45) is 0 Å². The second-order valence-electron chi connectivity index (χ2n) is 5.11. The lowest BCUT2D eigenvalue weighted by molar-refractivity contribution is 0.131. The summed E-state index contributed by atoms with van der Waals surface area (Å²) >= 11 is 0. The van der Waals surface area contributed by atoms with Crippen molar-refractivity contribution in [1.29, 1.82) is 0 Å². The van der Waals surface area contributed by atoms with Gasteiger partial charge in [-0.05, 0) is 26.6 Å². The molecule has 0 aromatic heterocycles. The third-order valence-corrected chi connectivity index (χ3v) is 3.21. The van der Waals surface area contributed by atoms with Crippen LogP contribution in [0.2, 0.25) is 0 Å². The van der Waals surface area contributed by atoms with Gasteiger partial charge in [-0.25, -0.2) is 0 Å². The Hall–Kier alpha value is -1.10. The average Bonchev–Trinajstić information content (AvgIpc) is 2.35. The van der Waals surface area contributed by atoms with Crippen LogP contribution in [-0.4, -0.2) is 59.3 Å². The van der Waals surface area contributed by atoms with E-state index in [-0.39, 0.29) is 6.10 Å². The highest BCUT2D eigenvalue weighted by atomic mass is 16.3. The number of phenols is 1. The van der Waals surface area contributed by atoms with E-state index < -0.39 is 0 Å². The molecule has 0 spiro atoms. The zero-order valence-electron chi connectivity index (χ0n) is 12.2. The van der Waals surface area contributed by atoms with Gasteiger partial charge in [0, 0.05) is 31.7 Å². The Morgan fingerprint density at radius 1 is 1.21 bits per heavy atom. The van der Waals surface area contributed by atoms with Crippen molar-refractivity contribution in [3.05, 3.63) is 29.8 Å². The molecule has 0 aliphatic carbocycles. The summed E-state index contributed by atoms with van der Waals surface area (Å²) in [6, 6.07) is 7.47. The molecule has 108 valence electrons. The Morgan fingerprint density at radius 2 is 1.89 bits per heavy atom. The molecule has 4 nitrogen and oxygen atoms in total. The van der Waals surface area contributed by atoms with Gasteiger partial charge in [-0.2, -0.15) is 0 Å². The third kappa shape index (κ3) is 6.05. The van der Waals surface area contributed by atoms with Crippen LogP contribution in [0.3, 0.4) is 0 Å². The minimum atomic E-state index is -0.293. The van der Waals surface area contributed by atoms with E-state index in [0.29, 0.717) is 12.3 Å². The Labute approximate surface area is 116 Å². The first-order valence-electron chi connectivity index (χ1n) is 6.88. The monoisotopic (exact) mass is 266 g/mol. The molecular weight excluding hydrogens is 240 g/mol. The summed E-state index contributed by atoms with van der Waals surface area (Å²) in [4.78, 5) is 4.41. The van der Waals surface area contributed by atoms with Crippen LogP contribution in [-0.2, 0) is 6.54 Å². The van der Waals surface area contributed by atoms with Gasteiger partial charge in [-0.1, -0.05) is 25.1 Å². The van der Waals surface area contributed by atoms with Crippen LogP contribution in [0.15, 0.2) is 24.3 Å². The summed E-state index contributed by atoms with van der Waals surface area (Å²) in [5.41, 5.74) is 0.961. The highest BCUT2D eigenvalue weighted by Gasteiger charge is 2.09. The SMILES string of the molecule is CCN(CCN(C)C[C@H](C)O)Cc1ccccc1O. The molecule has 0 saturated carbocycles. The summed E-state index contributed by atoms with van der Waals surface area (Å²) in [5, 5.41) is 19.1. The second kappa shape index (κ2) is 8.15. The van der Waals surface area contributed by atoms with E-state index in [0.717, 1.165) is 31.7 Å². The van der Waals surface area contributed by atoms with Gasteiger partial charge in [0.05, 0.1) is 6.10 Å². The van der Waals surface area contributed by atoms with Crippen molar-refractivity contribution in [3.8, 4) is 5.75 Å². The van der Waals surface area contributed by atoms with Gasteiger partial charge in [0.15, 0.2) is 0 Å². The molecule has 0 aliphatic heterocycles. The molecule has 2 N–H and O–H groups in total. The quantitative estimate of drug-likeness (QED) is 0.749. The number of phenolic OH excluding ortho intramolecular Hbond substituents is 1. The van der Waals surface area contributed by atoms with E-state index >= 15 is 0 Å². The van der Waals surface area contributed by atoms with Crippen molar-refractivity contribution in [1.82, 2.24) is 9.80 Å². The van der Waals surface area contributed by atoms with Crippen molar-refractivity contribution in [2.75, 3.05) is 33.2 Å². The fraction of sp³-hybridized carbons (Fsp3) is 0.600. The molecule has 0 fully saturated rings. The average molecular weight is 266 g/mol. The summed E-state index contributed by atoms with van der Waals surface area (Å²) in [5.74, 6) is 0.360. The first kappa shape index (κ1) is 16.0. The smallest absolute Gasteiger partial charge is 0.120 e. The van der Waals surface area contributed by atoms with E-state index in [2.05, 4.69) is 16.7 Å². The largest absolute Gasteiger partial charge is 0.508 e. The van der Waals surface area contributed by atoms with E-state index in [9.17, 15) is 10.2 Å². The predicted molar refractivity (Wildman–Crippen MR) is 78.2 cm³/mol. The number of hydrogen-bond donors (Lipinski definition) is 2. The predicted octanol–water partition coefficient (Wildman–Crippen LogP) is 1.53. The van der Waals surface area contributed by atoms with Crippen molar-refractivity contribution >= 4 is 0 Å². The van der Waals surface area contributed by atoms with Crippen LogP contribution in [0.1, 0.15) is 19.4 Å². The minimum Gasteiger partial charge on any atom is -0.508 e. The molecule has 0 aliphatic rings. The highest BCUT2D eigenvalue weighted by molar-refractivity contribution is 5.31. The van der Waals surface area contributed by atoms with Crippen molar-refractivity contribution < 1.29 is 10.2 Å². The summed E-state index contributed by atoms with van der Waals surface area (Å²) in [7, 11) is 2.01. The number of benzene rings is 1. The van der Waals surface area contributed by atoms with Crippen LogP contribution in [0.25, 0.3) is 0 Å². The van der Waals surface area contributed by atoms with Gasteiger partial charge in [-0.3, -0.25) is 4.90 Å². The number of likely N-dealkylation sites (N-methyl/N-ethyl adjacent to an activating group) is 2. The molecule has 19 heavy (non-hydrogen) atoms. The van der Waals surface area contributed by atoms with E-state index in [1.165, 1.54) is 0 Å². The molecule has 1 rings (SSSR count). The molecule has 1 aromatic carbocycles. The van der Waals surface area contributed by atoms with E-state index in [1.807, 2.05) is 25.2 Å². The van der Waals surface area contributed by atoms with Gasteiger partial charge in [0.25, 0.3) is 0 Å². The first-order chi connectivity index (χ1) is 9.02. The molecule has 1 aromatic rings. The number of aromatic hydroxyl groups is 1. The fourth-order valence-electron chi connectivity index (χ4n) is 2.09. The normalized spacial score (nSPS) is 13.2. The minimum absolute atomic E-state index is 0.293. The fourth-order valence-corrected chi connectivity index (χ4v) is 2.09. The Morgan fingerprint density at radius 3 is 2.47 bits per heavy atom. The van der Waals surface area contributed by atoms with Crippen LogP contribution < -0.4 is 0 Å². The van der Waals surface area contributed by atoms with Gasteiger partial charge in [0.2, 0.25) is 0 Å². The molecule has 0 heterocycles.